The summed E-state index contributed by atoms with van der Waals surface area (Å²) >= 11 is 0. The highest BCUT2D eigenvalue weighted by Crippen LogP contribution is 2.22. The molecular formula is C10H20O3S. The van der Waals surface area contributed by atoms with E-state index in [0.717, 1.165) is 32.1 Å². The zero-order valence-corrected chi connectivity index (χ0v) is 9.68. The van der Waals surface area contributed by atoms with Crippen LogP contribution >= 0.6 is 0 Å². The molecule has 0 amide bonds. The summed E-state index contributed by atoms with van der Waals surface area (Å²) in [6.45, 7) is 1.98. The minimum atomic E-state index is -3.24. The summed E-state index contributed by atoms with van der Waals surface area (Å²) in [4.78, 5) is 0. The topological polar surface area (TPSA) is 43.4 Å². The summed E-state index contributed by atoms with van der Waals surface area (Å²) in [6, 6.07) is 0. The Balaban J connectivity index is 2.33. The summed E-state index contributed by atoms with van der Waals surface area (Å²) < 4.78 is 28.0. The Labute approximate surface area is 87.0 Å². The first-order chi connectivity index (χ1) is 6.64. The van der Waals surface area contributed by atoms with Gasteiger partial charge in [-0.3, -0.25) is 4.18 Å². The fourth-order valence-corrected chi connectivity index (χ4v) is 3.08. The monoisotopic (exact) mass is 220 g/mol. The van der Waals surface area contributed by atoms with Crippen LogP contribution in [0.25, 0.3) is 0 Å². The molecule has 0 atom stereocenters. The quantitative estimate of drug-likeness (QED) is 0.668. The summed E-state index contributed by atoms with van der Waals surface area (Å²) in [7, 11) is -3.24. The molecule has 1 rings (SSSR count). The maximum Gasteiger partial charge on any atom is 0.267 e. The molecule has 1 aliphatic carbocycles. The van der Waals surface area contributed by atoms with E-state index < -0.39 is 10.1 Å². The van der Waals surface area contributed by atoms with Gasteiger partial charge in [-0.15, -0.1) is 0 Å². The van der Waals surface area contributed by atoms with E-state index in [-0.39, 0.29) is 11.9 Å². The number of unbranched alkanes of at least 4 members (excludes halogenated alkanes) is 1. The van der Waals surface area contributed by atoms with E-state index in [1.807, 2.05) is 6.92 Å². The van der Waals surface area contributed by atoms with Gasteiger partial charge in [0.1, 0.15) is 0 Å². The summed E-state index contributed by atoms with van der Waals surface area (Å²) in [5.74, 6) is 0.181. The van der Waals surface area contributed by atoms with Gasteiger partial charge in [-0.05, 0) is 19.3 Å². The van der Waals surface area contributed by atoms with Gasteiger partial charge in [0.15, 0.2) is 0 Å². The van der Waals surface area contributed by atoms with Crippen LogP contribution in [0.2, 0.25) is 0 Å². The molecule has 1 fully saturated rings. The fourth-order valence-electron chi connectivity index (χ4n) is 1.74. The van der Waals surface area contributed by atoms with Gasteiger partial charge in [-0.25, -0.2) is 0 Å². The third-order valence-electron chi connectivity index (χ3n) is 2.58. The van der Waals surface area contributed by atoms with Gasteiger partial charge in [-0.2, -0.15) is 8.42 Å². The molecule has 84 valence electrons. The molecule has 1 aliphatic rings. The first-order valence-electron chi connectivity index (χ1n) is 5.55. The van der Waals surface area contributed by atoms with Gasteiger partial charge < -0.3 is 0 Å². The van der Waals surface area contributed by atoms with Crippen LogP contribution in [0, 0.1) is 0 Å². The molecule has 4 heteroatoms. The molecule has 1 saturated carbocycles. The Kier molecular flexibility index (Phi) is 4.89. The van der Waals surface area contributed by atoms with E-state index in [9.17, 15) is 8.42 Å². The second-order valence-corrected chi connectivity index (χ2v) is 5.69. The highest BCUT2D eigenvalue weighted by molar-refractivity contribution is 7.86. The van der Waals surface area contributed by atoms with Crippen molar-refractivity contribution >= 4 is 10.1 Å². The van der Waals surface area contributed by atoms with E-state index in [2.05, 4.69) is 0 Å². The van der Waals surface area contributed by atoms with Crippen LogP contribution in [-0.2, 0) is 14.3 Å². The van der Waals surface area contributed by atoms with Crippen molar-refractivity contribution in [3.05, 3.63) is 0 Å². The van der Waals surface area contributed by atoms with Crippen LogP contribution in [0.1, 0.15) is 51.9 Å². The lowest BCUT2D eigenvalue weighted by molar-refractivity contribution is 0.162. The van der Waals surface area contributed by atoms with E-state index in [4.69, 9.17) is 4.18 Å². The highest BCUT2D eigenvalue weighted by atomic mass is 32.2. The molecule has 14 heavy (non-hydrogen) atoms. The maximum absolute atomic E-state index is 11.4. The fraction of sp³-hybridized carbons (Fsp3) is 1.00. The van der Waals surface area contributed by atoms with Crippen molar-refractivity contribution in [3.8, 4) is 0 Å². The van der Waals surface area contributed by atoms with E-state index >= 15 is 0 Å². The predicted molar refractivity (Wildman–Crippen MR) is 56.7 cm³/mol. The van der Waals surface area contributed by atoms with Gasteiger partial charge >= 0.3 is 0 Å². The van der Waals surface area contributed by atoms with Gasteiger partial charge in [0, 0.05) is 0 Å². The van der Waals surface area contributed by atoms with Crippen molar-refractivity contribution < 1.29 is 12.6 Å². The highest BCUT2D eigenvalue weighted by Gasteiger charge is 2.20. The SMILES string of the molecule is CCCCS(=O)(=O)OC1CCCCC1. The Bertz CT molecular complexity index is 240. The van der Waals surface area contributed by atoms with Crippen LogP contribution in [0.15, 0.2) is 0 Å². The molecule has 0 radical (unpaired) electrons. The smallest absolute Gasteiger partial charge is 0.267 e. The van der Waals surface area contributed by atoms with Crippen molar-refractivity contribution in [2.75, 3.05) is 5.75 Å². The van der Waals surface area contributed by atoms with Crippen LogP contribution < -0.4 is 0 Å². The zero-order chi connectivity index (χ0) is 10.4. The minimum absolute atomic E-state index is 0.0365. The molecule has 0 bridgehead atoms. The number of hydrogen-bond acceptors (Lipinski definition) is 3. The van der Waals surface area contributed by atoms with Crippen molar-refractivity contribution in [1.29, 1.82) is 0 Å². The van der Waals surface area contributed by atoms with E-state index in [0.29, 0.717) is 6.42 Å². The van der Waals surface area contributed by atoms with Crippen molar-refractivity contribution in [1.82, 2.24) is 0 Å². The van der Waals surface area contributed by atoms with Gasteiger partial charge in [0.05, 0.1) is 11.9 Å². The average Bonchev–Trinajstić information content (AvgIpc) is 2.16. The lowest BCUT2D eigenvalue weighted by atomic mass is 9.98. The largest absolute Gasteiger partial charge is 0.267 e. The lowest BCUT2D eigenvalue weighted by Crippen LogP contribution is -2.22. The van der Waals surface area contributed by atoms with Crippen molar-refractivity contribution in [3.63, 3.8) is 0 Å². The Morgan fingerprint density at radius 1 is 1.21 bits per heavy atom. The summed E-state index contributed by atoms with van der Waals surface area (Å²) in [5.41, 5.74) is 0. The number of hydrogen-bond donors (Lipinski definition) is 0. The Morgan fingerprint density at radius 3 is 2.43 bits per heavy atom. The predicted octanol–water partition coefficient (Wildman–Crippen LogP) is 2.47. The van der Waals surface area contributed by atoms with Crippen LogP contribution in [0.4, 0.5) is 0 Å². The second kappa shape index (κ2) is 5.71. The van der Waals surface area contributed by atoms with Crippen LogP contribution in [-0.4, -0.2) is 20.3 Å². The lowest BCUT2D eigenvalue weighted by Gasteiger charge is -2.21. The standard InChI is InChI=1S/C10H20O3S/c1-2-3-9-14(11,12)13-10-7-5-4-6-8-10/h10H,2-9H2,1H3. The summed E-state index contributed by atoms with van der Waals surface area (Å²) in [6.07, 6.45) is 6.81. The van der Waals surface area contributed by atoms with Crippen molar-refractivity contribution in [2.24, 2.45) is 0 Å². The Morgan fingerprint density at radius 2 is 1.86 bits per heavy atom. The molecule has 0 N–H and O–H groups in total. The molecule has 0 aliphatic heterocycles. The molecule has 0 spiro atoms. The molecule has 0 heterocycles. The third kappa shape index (κ3) is 4.42. The third-order valence-corrected chi connectivity index (χ3v) is 3.94. The molecule has 3 nitrogen and oxygen atoms in total. The molecular weight excluding hydrogens is 200 g/mol. The minimum Gasteiger partial charge on any atom is -0.267 e. The van der Waals surface area contributed by atoms with Crippen LogP contribution in [0.5, 0.6) is 0 Å². The molecule has 0 aromatic carbocycles. The molecule has 0 aromatic rings. The number of rotatable bonds is 5. The second-order valence-electron chi connectivity index (χ2n) is 3.97. The van der Waals surface area contributed by atoms with E-state index in [1.165, 1.54) is 6.42 Å². The van der Waals surface area contributed by atoms with Gasteiger partial charge in [0.25, 0.3) is 10.1 Å². The molecule has 0 unspecified atom stereocenters. The van der Waals surface area contributed by atoms with Crippen molar-refractivity contribution in [2.45, 2.75) is 58.0 Å². The maximum atomic E-state index is 11.4. The Hall–Kier alpha value is -0.0900. The normalized spacial score (nSPS) is 19.8. The first kappa shape index (κ1) is 12.0. The molecule has 0 aromatic heterocycles. The molecule has 0 saturated heterocycles. The average molecular weight is 220 g/mol. The van der Waals surface area contributed by atoms with Gasteiger partial charge in [-0.1, -0.05) is 32.6 Å². The zero-order valence-electron chi connectivity index (χ0n) is 8.87. The van der Waals surface area contributed by atoms with Crippen LogP contribution in [0.3, 0.4) is 0 Å². The van der Waals surface area contributed by atoms with Gasteiger partial charge in [0.2, 0.25) is 0 Å². The summed E-state index contributed by atoms with van der Waals surface area (Å²) in [5, 5.41) is 0. The van der Waals surface area contributed by atoms with E-state index in [1.54, 1.807) is 0 Å². The first-order valence-corrected chi connectivity index (χ1v) is 7.13.